The summed E-state index contributed by atoms with van der Waals surface area (Å²) in [6.45, 7) is 11.9. The summed E-state index contributed by atoms with van der Waals surface area (Å²) in [6, 6.07) is 15.5. The van der Waals surface area contributed by atoms with Crippen LogP contribution in [0.5, 0.6) is 0 Å². The Bertz CT molecular complexity index is 726. The number of carbonyl (C=O) groups is 2. The summed E-state index contributed by atoms with van der Waals surface area (Å²) in [7, 11) is 0. The van der Waals surface area contributed by atoms with Gasteiger partial charge < -0.3 is 19.8 Å². The molecule has 0 aliphatic heterocycles. The van der Waals surface area contributed by atoms with Crippen LogP contribution >= 0.6 is 0 Å². The average molecular weight is 498 g/mol. The molecule has 0 radical (unpaired) electrons. The second-order valence-corrected chi connectivity index (χ2v) is 8.76. The van der Waals surface area contributed by atoms with Crippen molar-refractivity contribution >= 4 is 57.4 Å². The molecule has 0 aromatic heterocycles. The predicted molar refractivity (Wildman–Crippen MR) is 123 cm³/mol. The van der Waals surface area contributed by atoms with Gasteiger partial charge in [-0.25, -0.2) is 0 Å². The van der Waals surface area contributed by atoms with Crippen molar-refractivity contribution in [2.45, 2.75) is 66.2 Å². The Morgan fingerprint density at radius 2 is 0.871 bits per heavy atom. The van der Waals surface area contributed by atoms with Gasteiger partial charge in [-0.1, -0.05) is 90.1 Å². The van der Waals surface area contributed by atoms with E-state index in [-0.39, 0.29) is 45.5 Å². The number of aliphatic carboxylic acids is 2. The number of hydrogen-bond acceptors (Lipinski definition) is 4. The Morgan fingerprint density at radius 1 is 0.613 bits per heavy atom. The molecule has 0 bridgehead atoms. The Labute approximate surface area is 224 Å². The minimum atomic E-state index is -1.02. The molecule has 4 nitrogen and oxygen atoms in total. The summed E-state index contributed by atoms with van der Waals surface area (Å²) in [6.07, 6.45) is 2.06. The van der Waals surface area contributed by atoms with Crippen molar-refractivity contribution in [3.05, 3.63) is 70.8 Å². The molecule has 0 saturated carbocycles. The van der Waals surface area contributed by atoms with E-state index in [9.17, 15) is 19.8 Å². The fourth-order valence-electron chi connectivity index (χ4n) is 3.10. The third-order valence-corrected chi connectivity index (χ3v) is 4.95. The first kappa shape index (κ1) is 29.9. The number of hydrogen-bond donors (Lipinski definition) is 0. The van der Waals surface area contributed by atoms with E-state index in [4.69, 9.17) is 0 Å². The van der Waals surface area contributed by atoms with E-state index in [2.05, 4.69) is 27.7 Å². The van der Waals surface area contributed by atoms with Crippen LogP contribution < -0.4 is 10.2 Å². The van der Waals surface area contributed by atoms with Crippen molar-refractivity contribution in [3.63, 3.8) is 0 Å². The van der Waals surface area contributed by atoms with E-state index in [1.165, 1.54) is 11.1 Å². The number of carboxylic acid groups (broad SMARTS) is 2. The second-order valence-electron chi connectivity index (χ2n) is 8.76. The van der Waals surface area contributed by atoms with E-state index in [0.29, 0.717) is 11.8 Å². The van der Waals surface area contributed by atoms with Crippen LogP contribution in [0.1, 0.15) is 75.6 Å². The Hall–Kier alpha value is -1.14. The van der Waals surface area contributed by atoms with Gasteiger partial charge in [-0.15, -0.1) is 0 Å². The van der Waals surface area contributed by atoms with Crippen molar-refractivity contribution in [2.75, 3.05) is 0 Å². The van der Waals surface area contributed by atoms with Gasteiger partial charge >= 0.3 is 45.5 Å². The summed E-state index contributed by atoms with van der Waals surface area (Å²) in [4.78, 5) is 21.3. The van der Waals surface area contributed by atoms with Crippen LogP contribution in [0.2, 0.25) is 0 Å². The van der Waals surface area contributed by atoms with Crippen LogP contribution in [0.3, 0.4) is 0 Å². The Morgan fingerprint density at radius 3 is 1.06 bits per heavy atom. The largest absolute Gasteiger partial charge is 2.00 e. The zero-order valence-electron chi connectivity index (χ0n) is 19.7. The maximum atomic E-state index is 10.7. The van der Waals surface area contributed by atoms with E-state index in [1.54, 1.807) is 13.8 Å². The maximum Gasteiger partial charge on any atom is 2.00 e. The van der Waals surface area contributed by atoms with E-state index in [0.717, 1.165) is 24.0 Å². The van der Waals surface area contributed by atoms with Gasteiger partial charge in [0.25, 0.3) is 0 Å². The third-order valence-electron chi connectivity index (χ3n) is 4.95. The molecule has 0 aliphatic rings. The van der Waals surface area contributed by atoms with Crippen LogP contribution in [0, 0.1) is 11.8 Å². The van der Waals surface area contributed by atoms with Gasteiger partial charge in [0, 0.05) is 23.8 Å². The summed E-state index contributed by atoms with van der Waals surface area (Å²) in [5, 5.41) is 21.3. The van der Waals surface area contributed by atoms with Gasteiger partial charge in [0.2, 0.25) is 0 Å². The smallest absolute Gasteiger partial charge is 0.550 e. The molecule has 0 spiro atoms. The van der Waals surface area contributed by atoms with Gasteiger partial charge in [-0.2, -0.15) is 0 Å². The second kappa shape index (κ2) is 14.8. The van der Waals surface area contributed by atoms with Gasteiger partial charge in [-0.3, -0.25) is 0 Å². The monoisotopic (exact) mass is 498 g/mol. The molecular weight excluding hydrogens is 464 g/mol. The summed E-state index contributed by atoms with van der Waals surface area (Å²) in [5.41, 5.74) is 4.11. The molecule has 2 unspecified atom stereocenters. The minimum Gasteiger partial charge on any atom is -0.550 e. The third kappa shape index (κ3) is 11.3. The molecule has 2 atom stereocenters. The average Bonchev–Trinajstić information content (AvgIpc) is 2.67. The van der Waals surface area contributed by atoms with Crippen molar-refractivity contribution in [3.8, 4) is 0 Å². The summed E-state index contributed by atoms with van der Waals surface area (Å²) in [5.74, 6) is -1.86. The van der Waals surface area contributed by atoms with Gasteiger partial charge in [0.05, 0.1) is 0 Å². The fraction of sp³-hybridized carbons (Fsp3) is 0.462. The van der Waals surface area contributed by atoms with Crippen molar-refractivity contribution < 1.29 is 19.8 Å². The number of carboxylic acids is 2. The molecular formula is C26H34O4Sr. The molecule has 0 heterocycles. The first-order valence-corrected chi connectivity index (χ1v) is 10.6. The van der Waals surface area contributed by atoms with Crippen molar-refractivity contribution in [2.24, 2.45) is 11.8 Å². The van der Waals surface area contributed by atoms with Gasteiger partial charge in [-0.05, 0) is 46.9 Å². The van der Waals surface area contributed by atoms with Crippen LogP contribution in [0.15, 0.2) is 48.5 Å². The molecule has 0 N–H and O–H groups in total. The molecule has 0 amide bonds. The maximum absolute atomic E-state index is 10.7. The molecule has 2 aromatic carbocycles. The predicted octanol–water partition coefficient (Wildman–Crippen LogP) is 3.10. The molecule has 2 rings (SSSR count). The number of carbonyl (C=O) groups excluding carboxylic acids is 2. The minimum absolute atomic E-state index is 0. The summed E-state index contributed by atoms with van der Waals surface area (Å²) < 4.78 is 0. The van der Waals surface area contributed by atoms with Crippen LogP contribution in [0.25, 0.3) is 0 Å². The fourth-order valence-corrected chi connectivity index (χ4v) is 3.10. The molecule has 0 fully saturated rings. The molecule has 0 aliphatic carbocycles. The van der Waals surface area contributed by atoms with Crippen molar-refractivity contribution in [1.29, 1.82) is 0 Å². The topological polar surface area (TPSA) is 80.3 Å². The van der Waals surface area contributed by atoms with Crippen molar-refractivity contribution in [1.82, 2.24) is 0 Å². The molecule has 31 heavy (non-hydrogen) atoms. The molecule has 0 saturated heterocycles. The first-order valence-electron chi connectivity index (χ1n) is 10.6. The Balaban J connectivity index is 0.000000562. The standard InChI is InChI=1S/2C13H18O2.Sr/c2*1-9(2)8-11-4-6-12(7-5-11)10(3)13(14)15;/h2*4-7,9-10H,8H2,1-3H3,(H,14,15);/q;;+2/p-2. The van der Waals surface area contributed by atoms with Gasteiger partial charge in [0.15, 0.2) is 0 Å². The quantitative estimate of drug-likeness (QED) is 0.525. The van der Waals surface area contributed by atoms with Crippen LogP contribution in [0.4, 0.5) is 0 Å². The SMILES string of the molecule is CC(C)Cc1ccc(C(C)C(=O)[O-])cc1.CC(C)Cc1ccc(C(C)C(=O)[O-])cc1.[Sr+2]. The van der Waals surface area contributed by atoms with E-state index < -0.39 is 23.8 Å². The Kier molecular flexibility index (Phi) is 14.3. The zero-order chi connectivity index (χ0) is 22.8. The normalized spacial score (nSPS) is 12.4. The zero-order valence-corrected chi connectivity index (χ0v) is 23.2. The number of benzene rings is 2. The summed E-state index contributed by atoms with van der Waals surface area (Å²) >= 11 is 0. The molecule has 164 valence electrons. The number of rotatable bonds is 8. The first-order chi connectivity index (χ1) is 14.0. The van der Waals surface area contributed by atoms with Crippen LogP contribution in [-0.4, -0.2) is 57.4 Å². The van der Waals surface area contributed by atoms with E-state index >= 15 is 0 Å². The molecule has 5 heteroatoms. The van der Waals surface area contributed by atoms with Gasteiger partial charge in [0.1, 0.15) is 0 Å². The van der Waals surface area contributed by atoms with Crippen LogP contribution in [-0.2, 0) is 22.4 Å². The van der Waals surface area contributed by atoms with E-state index in [1.807, 2.05) is 48.5 Å². The molecule has 2 aromatic rings.